The summed E-state index contributed by atoms with van der Waals surface area (Å²) in [6.07, 6.45) is 3.45. The molecule has 0 saturated carbocycles. The maximum Gasteiger partial charge on any atom is 0.138 e. The topological polar surface area (TPSA) is 17.8 Å². The van der Waals surface area contributed by atoms with E-state index in [0.29, 0.717) is 10.7 Å². The number of halogens is 2. The van der Waals surface area contributed by atoms with Crippen molar-refractivity contribution in [1.29, 1.82) is 0 Å². The Labute approximate surface area is 98.4 Å². The third kappa shape index (κ3) is 1.95. The first-order valence-corrected chi connectivity index (χ1v) is 5.38. The summed E-state index contributed by atoms with van der Waals surface area (Å²) < 4.78 is 15.4. The molecule has 2 nitrogen and oxygen atoms in total. The normalized spacial score (nSPS) is 10.8. The summed E-state index contributed by atoms with van der Waals surface area (Å²) in [6, 6.07) is 3.68. The van der Waals surface area contributed by atoms with E-state index in [4.69, 9.17) is 11.6 Å². The van der Waals surface area contributed by atoms with Crippen molar-refractivity contribution in [1.82, 2.24) is 9.55 Å². The zero-order valence-electron chi connectivity index (χ0n) is 9.17. The molecule has 0 N–H and O–H groups in total. The maximum absolute atomic E-state index is 13.5. The van der Waals surface area contributed by atoms with Crippen molar-refractivity contribution in [2.45, 2.75) is 20.4 Å². The summed E-state index contributed by atoms with van der Waals surface area (Å²) in [7, 11) is 0. The standard InChI is InChI=1S/C12H12ClFN2/c1-8(2)10(14)7-16-6-4-9-11(16)3-5-15-12(9)13/h3-6H,7H2,1-2H3. The highest BCUT2D eigenvalue weighted by atomic mass is 35.5. The second kappa shape index (κ2) is 4.26. The fraction of sp³-hybridized carbons (Fsp3) is 0.250. The van der Waals surface area contributed by atoms with E-state index >= 15 is 0 Å². The van der Waals surface area contributed by atoms with Crippen LogP contribution in [-0.2, 0) is 6.54 Å². The maximum atomic E-state index is 13.5. The first kappa shape index (κ1) is 11.1. The average molecular weight is 239 g/mol. The molecule has 2 aromatic rings. The quantitative estimate of drug-likeness (QED) is 0.725. The van der Waals surface area contributed by atoms with Crippen LogP contribution in [-0.4, -0.2) is 9.55 Å². The van der Waals surface area contributed by atoms with Gasteiger partial charge in [-0.2, -0.15) is 0 Å². The van der Waals surface area contributed by atoms with Crippen LogP contribution in [0, 0.1) is 0 Å². The van der Waals surface area contributed by atoms with Crippen LogP contribution in [0.4, 0.5) is 4.39 Å². The monoisotopic (exact) mass is 238 g/mol. The molecule has 0 saturated heterocycles. The van der Waals surface area contributed by atoms with E-state index in [1.807, 2.05) is 22.9 Å². The van der Waals surface area contributed by atoms with Gasteiger partial charge in [-0.15, -0.1) is 0 Å². The van der Waals surface area contributed by atoms with Crippen molar-refractivity contribution < 1.29 is 4.39 Å². The fourth-order valence-electron chi connectivity index (χ4n) is 1.53. The number of pyridine rings is 1. The second-order valence-corrected chi connectivity index (χ2v) is 4.24. The molecule has 16 heavy (non-hydrogen) atoms. The highest BCUT2D eigenvalue weighted by molar-refractivity contribution is 6.34. The molecule has 0 aromatic carbocycles. The van der Waals surface area contributed by atoms with Gasteiger partial charge >= 0.3 is 0 Å². The Bertz CT molecular complexity index is 553. The Kier molecular flexibility index (Phi) is 2.97. The first-order chi connectivity index (χ1) is 7.59. The molecular formula is C12H12ClFN2. The van der Waals surface area contributed by atoms with Gasteiger partial charge in [0.15, 0.2) is 0 Å². The Hall–Kier alpha value is -1.35. The lowest BCUT2D eigenvalue weighted by molar-refractivity contribution is 0.552. The predicted octanol–water partition coefficient (Wildman–Crippen LogP) is 3.95. The van der Waals surface area contributed by atoms with Crippen molar-refractivity contribution in [3.05, 3.63) is 41.1 Å². The highest BCUT2D eigenvalue weighted by Gasteiger charge is 2.06. The lowest BCUT2D eigenvalue weighted by atomic mass is 10.3. The van der Waals surface area contributed by atoms with Gasteiger partial charge in [-0.1, -0.05) is 11.6 Å². The lowest BCUT2D eigenvalue weighted by Crippen LogP contribution is -1.97. The first-order valence-electron chi connectivity index (χ1n) is 5.01. The zero-order valence-corrected chi connectivity index (χ0v) is 9.92. The minimum atomic E-state index is -0.120. The summed E-state index contributed by atoms with van der Waals surface area (Å²) >= 11 is 5.94. The third-order valence-electron chi connectivity index (χ3n) is 2.50. The number of fused-ring (bicyclic) bond motifs is 1. The van der Waals surface area contributed by atoms with Gasteiger partial charge in [0.05, 0.1) is 12.1 Å². The van der Waals surface area contributed by atoms with E-state index in [1.54, 1.807) is 20.0 Å². The van der Waals surface area contributed by atoms with E-state index < -0.39 is 0 Å². The number of allylic oxidation sites excluding steroid dienone is 2. The van der Waals surface area contributed by atoms with Crippen molar-refractivity contribution >= 4 is 22.5 Å². The third-order valence-corrected chi connectivity index (χ3v) is 2.80. The van der Waals surface area contributed by atoms with E-state index in [0.717, 1.165) is 10.9 Å². The summed E-state index contributed by atoms with van der Waals surface area (Å²) in [4.78, 5) is 3.98. The van der Waals surface area contributed by atoms with Crippen LogP contribution in [0.1, 0.15) is 13.8 Å². The van der Waals surface area contributed by atoms with Crippen LogP contribution in [0.15, 0.2) is 35.9 Å². The van der Waals surface area contributed by atoms with Gasteiger partial charge in [-0.05, 0) is 31.6 Å². The van der Waals surface area contributed by atoms with Crippen LogP contribution in [0.2, 0.25) is 5.15 Å². The molecule has 0 spiro atoms. The number of aromatic nitrogens is 2. The molecule has 0 radical (unpaired) electrons. The molecule has 0 amide bonds. The van der Waals surface area contributed by atoms with Gasteiger partial charge in [0.1, 0.15) is 11.0 Å². The lowest BCUT2D eigenvalue weighted by Gasteiger charge is -2.04. The van der Waals surface area contributed by atoms with Crippen LogP contribution >= 0.6 is 11.6 Å². The minimum Gasteiger partial charge on any atom is -0.341 e. The molecule has 0 bridgehead atoms. The number of rotatable bonds is 2. The van der Waals surface area contributed by atoms with Crippen molar-refractivity contribution in [3.8, 4) is 0 Å². The molecule has 0 unspecified atom stereocenters. The zero-order chi connectivity index (χ0) is 11.7. The summed E-state index contributed by atoms with van der Waals surface area (Å²) in [5, 5.41) is 1.31. The molecule has 4 heteroatoms. The van der Waals surface area contributed by atoms with Gasteiger partial charge in [0.25, 0.3) is 0 Å². The van der Waals surface area contributed by atoms with Crippen LogP contribution in [0.3, 0.4) is 0 Å². The van der Waals surface area contributed by atoms with Crippen LogP contribution in [0.5, 0.6) is 0 Å². The highest BCUT2D eigenvalue weighted by Crippen LogP contribution is 2.23. The second-order valence-electron chi connectivity index (χ2n) is 3.88. The Morgan fingerprint density at radius 1 is 1.44 bits per heavy atom. The molecule has 0 aliphatic rings. The Morgan fingerprint density at radius 2 is 2.19 bits per heavy atom. The van der Waals surface area contributed by atoms with Crippen molar-refractivity contribution in [2.75, 3.05) is 0 Å². The summed E-state index contributed by atoms with van der Waals surface area (Å²) in [5.41, 5.74) is 1.60. The van der Waals surface area contributed by atoms with Gasteiger partial charge in [-0.25, -0.2) is 9.37 Å². The minimum absolute atomic E-state index is 0.120. The molecule has 84 valence electrons. The SMILES string of the molecule is CC(C)=C(F)Cn1ccc2c(Cl)nccc21. The van der Waals surface area contributed by atoms with E-state index in [-0.39, 0.29) is 12.4 Å². The van der Waals surface area contributed by atoms with Gasteiger partial charge in [0, 0.05) is 17.8 Å². The molecule has 0 atom stereocenters. The van der Waals surface area contributed by atoms with Crippen molar-refractivity contribution in [2.24, 2.45) is 0 Å². The largest absolute Gasteiger partial charge is 0.341 e. The van der Waals surface area contributed by atoms with Gasteiger partial charge in [0.2, 0.25) is 0 Å². The fourth-order valence-corrected chi connectivity index (χ4v) is 1.75. The van der Waals surface area contributed by atoms with E-state index in [9.17, 15) is 4.39 Å². The van der Waals surface area contributed by atoms with E-state index in [1.165, 1.54) is 0 Å². The molecule has 2 rings (SSSR count). The average Bonchev–Trinajstić information content (AvgIpc) is 2.63. The summed E-state index contributed by atoms with van der Waals surface area (Å²) in [6.45, 7) is 3.76. The van der Waals surface area contributed by atoms with Gasteiger partial charge < -0.3 is 4.57 Å². The predicted molar refractivity (Wildman–Crippen MR) is 64.2 cm³/mol. The summed E-state index contributed by atoms with van der Waals surface area (Å²) in [5.74, 6) is -0.120. The Balaban J connectivity index is 2.47. The number of hydrogen-bond donors (Lipinski definition) is 0. The molecule has 0 fully saturated rings. The Morgan fingerprint density at radius 3 is 2.88 bits per heavy atom. The molecule has 2 aromatic heterocycles. The van der Waals surface area contributed by atoms with Crippen LogP contribution in [0.25, 0.3) is 10.9 Å². The number of nitrogens with zero attached hydrogens (tertiary/aromatic N) is 2. The van der Waals surface area contributed by atoms with E-state index in [2.05, 4.69) is 4.98 Å². The molecular weight excluding hydrogens is 227 g/mol. The molecule has 0 aliphatic heterocycles. The smallest absolute Gasteiger partial charge is 0.138 e. The van der Waals surface area contributed by atoms with Crippen LogP contribution < -0.4 is 0 Å². The number of hydrogen-bond acceptors (Lipinski definition) is 1. The van der Waals surface area contributed by atoms with Gasteiger partial charge in [-0.3, -0.25) is 0 Å². The van der Waals surface area contributed by atoms with Crippen molar-refractivity contribution in [3.63, 3.8) is 0 Å². The molecule has 0 aliphatic carbocycles. The molecule has 2 heterocycles.